The second kappa shape index (κ2) is 3.26. The van der Waals surface area contributed by atoms with Gasteiger partial charge in [0.2, 0.25) is 0 Å². The summed E-state index contributed by atoms with van der Waals surface area (Å²) in [6.07, 6.45) is 2.05. The minimum Gasteiger partial charge on any atom is -0.388 e. The largest absolute Gasteiger partial charge is 0.388 e. The van der Waals surface area contributed by atoms with Gasteiger partial charge in [0.1, 0.15) is 0 Å². The summed E-state index contributed by atoms with van der Waals surface area (Å²) in [6, 6.07) is 0. The number of aliphatic hydroxyl groups excluding tert-OH is 1. The van der Waals surface area contributed by atoms with Crippen molar-refractivity contribution in [1.29, 1.82) is 0 Å². The Labute approximate surface area is 79.6 Å². The average Bonchev–Trinajstić information content (AvgIpc) is 2.27. The van der Waals surface area contributed by atoms with Crippen LogP contribution in [-0.2, 0) is 4.79 Å². The molecule has 0 saturated heterocycles. The molecule has 2 heteroatoms. The summed E-state index contributed by atoms with van der Waals surface area (Å²) in [6.45, 7) is 7.69. The number of rotatable bonds is 2. The molecule has 0 bridgehead atoms. The third-order valence-corrected chi connectivity index (χ3v) is 2.66. The number of carbonyl (C=O) groups is 1. The Balaban J connectivity index is 2.81. The van der Waals surface area contributed by atoms with Gasteiger partial charge in [-0.2, -0.15) is 0 Å². The maximum absolute atomic E-state index is 11.7. The molecule has 0 amide bonds. The van der Waals surface area contributed by atoms with Gasteiger partial charge in [0, 0.05) is 11.0 Å². The second-order valence-corrected chi connectivity index (χ2v) is 4.77. The highest BCUT2D eigenvalue weighted by Gasteiger charge is 2.37. The first-order valence-corrected chi connectivity index (χ1v) is 4.79. The highest BCUT2D eigenvalue weighted by atomic mass is 16.3. The molecule has 0 aliphatic heterocycles. The molecule has 0 saturated carbocycles. The van der Waals surface area contributed by atoms with Gasteiger partial charge >= 0.3 is 0 Å². The number of Topliss-reactive ketones (excluding diaryl/α,β-unsaturated/α-hetero) is 1. The summed E-state index contributed by atoms with van der Waals surface area (Å²) in [5, 5.41) is 9.74. The van der Waals surface area contributed by atoms with Crippen molar-refractivity contribution in [3.63, 3.8) is 0 Å². The van der Waals surface area contributed by atoms with Crippen LogP contribution in [0.5, 0.6) is 0 Å². The Kier molecular flexibility index (Phi) is 2.62. The molecule has 1 atom stereocenters. The van der Waals surface area contributed by atoms with E-state index in [9.17, 15) is 9.90 Å². The van der Waals surface area contributed by atoms with E-state index in [1.54, 1.807) is 0 Å². The van der Waals surface area contributed by atoms with E-state index in [0.29, 0.717) is 5.57 Å². The molecule has 1 unspecified atom stereocenters. The van der Waals surface area contributed by atoms with E-state index in [4.69, 9.17) is 0 Å². The van der Waals surface area contributed by atoms with E-state index >= 15 is 0 Å². The molecule has 0 heterocycles. The minimum absolute atomic E-state index is 0.105. The SMILES string of the molecule is CC(C)C(O)C1=CCC(C)(C)C1=O. The van der Waals surface area contributed by atoms with Gasteiger partial charge < -0.3 is 5.11 Å². The van der Waals surface area contributed by atoms with Crippen LogP contribution in [0, 0.1) is 11.3 Å². The lowest BCUT2D eigenvalue weighted by Gasteiger charge is -2.19. The van der Waals surface area contributed by atoms with E-state index in [1.165, 1.54) is 0 Å². The van der Waals surface area contributed by atoms with Crippen molar-refractivity contribution >= 4 is 5.78 Å². The van der Waals surface area contributed by atoms with E-state index in [0.717, 1.165) is 6.42 Å². The Morgan fingerprint density at radius 2 is 2.00 bits per heavy atom. The molecular weight excluding hydrogens is 164 g/mol. The van der Waals surface area contributed by atoms with Crippen LogP contribution in [-0.4, -0.2) is 17.0 Å². The number of hydrogen-bond acceptors (Lipinski definition) is 2. The molecule has 13 heavy (non-hydrogen) atoms. The van der Waals surface area contributed by atoms with Crippen molar-refractivity contribution in [2.75, 3.05) is 0 Å². The monoisotopic (exact) mass is 182 g/mol. The first-order chi connectivity index (χ1) is 5.86. The summed E-state index contributed by atoms with van der Waals surface area (Å²) in [4.78, 5) is 11.7. The van der Waals surface area contributed by atoms with Crippen molar-refractivity contribution in [2.24, 2.45) is 11.3 Å². The molecule has 1 aliphatic rings. The van der Waals surface area contributed by atoms with Gasteiger partial charge in [-0.05, 0) is 12.3 Å². The van der Waals surface area contributed by atoms with Gasteiger partial charge in [-0.25, -0.2) is 0 Å². The quantitative estimate of drug-likeness (QED) is 0.708. The van der Waals surface area contributed by atoms with Crippen LogP contribution >= 0.6 is 0 Å². The maximum atomic E-state index is 11.7. The second-order valence-electron chi connectivity index (χ2n) is 4.77. The topological polar surface area (TPSA) is 37.3 Å². The number of aliphatic hydroxyl groups is 1. The van der Waals surface area contributed by atoms with E-state index in [2.05, 4.69) is 0 Å². The van der Waals surface area contributed by atoms with Crippen molar-refractivity contribution in [2.45, 2.75) is 40.2 Å². The van der Waals surface area contributed by atoms with Gasteiger partial charge in [0.15, 0.2) is 5.78 Å². The Hall–Kier alpha value is -0.630. The summed E-state index contributed by atoms with van der Waals surface area (Å²) in [5.74, 6) is 0.220. The Bertz CT molecular complexity index is 249. The van der Waals surface area contributed by atoms with Crippen LogP contribution in [0.3, 0.4) is 0 Å². The molecule has 0 aromatic heterocycles. The lowest BCUT2D eigenvalue weighted by atomic mass is 9.86. The third kappa shape index (κ3) is 1.83. The fraction of sp³-hybridized carbons (Fsp3) is 0.727. The Morgan fingerprint density at radius 3 is 2.31 bits per heavy atom. The van der Waals surface area contributed by atoms with Crippen LogP contribution in [0.4, 0.5) is 0 Å². The van der Waals surface area contributed by atoms with Gasteiger partial charge in [-0.15, -0.1) is 0 Å². The summed E-state index contributed by atoms with van der Waals surface area (Å²) >= 11 is 0. The van der Waals surface area contributed by atoms with Crippen LogP contribution in [0.2, 0.25) is 0 Å². The van der Waals surface area contributed by atoms with Gasteiger partial charge in [-0.3, -0.25) is 4.79 Å². The van der Waals surface area contributed by atoms with Gasteiger partial charge in [-0.1, -0.05) is 33.8 Å². The third-order valence-electron chi connectivity index (χ3n) is 2.66. The van der Waals surface area contributed by atoms with Gasteiger partial charge in [0.25, 0.3) is 0 Å². The van der Waals surface area contributed by atoms with Gasteiger partial charge in [0.05, 0.1) is 6.10 Å². The Morgan fingerprint density at radius 1 is 1.46 bits per heavy atom. The zero-order valence-corrected chi connectivity index (χ0v) is 8.79. The smallest absolute Gasteiger partial charge is 0.167 e. The zero-order chi connectivity index (χ0) is 10.2. The number of carbonyl (C=O) groups excluding carboxylic acids is 1. The van der Waals surface area contributed by atoms with Crippen LogP contribution in [0.25, 0.3) is 0 Å². The molecule has 74 valence electrons. The fourth-order valence-corrected chi connectivity index (χ4v) is 1.56. The fourth-order valence-electron chi connectivity index (χ4n) is 1.56. The summed E-state index contributed by atoms with van der Waals surface area (Å²) in [5.41, 5.74) is 0.311. The van der Waals surface area contributed by atoms with Crippen LogP contribution < -0.4 is 0 Å². The van der Waals surface area contributed by atoms with Crippen LogP contribution in [0.15, 0.2) is 11.6 Å². The first kappa shape index (κ1) is 10.5. The standard InChI is InChI=1S/C11H18O2/c1-7(2)9(12)8-5-6-11(3,4)10(8)13/h5,7,9,12H,6H2,1-4H3. The molecule has 1 N–H and O–H groups in total. The first-order valence-electron chi connectivity index (χ1n) is 4.79. The predicted molar refractivity (Wildman–Crippen MR) is 52.3 cm³/mol. The predicted octanol–water partition coefficient (Wildman–Crippen LogP) is 1.93. The normalized spacial score (nSPS) is 23.5. The molecule has 1 rings (SSSR count). The molecule has 0 radical (unpaired) electrons. The van der Waals surface area contributed by atoms with Crippen molar-refractivity contribution in [1.82, 2.24) is 0 Å². The number of ketones is 1. The molecule has 1 aliphatic carbocycles. The van der Waals surface area contributed by atoms with E-state index in [-0.39, 0.29) is 17.1 Å². The zero-order valence-electron chi connectivity index (χ0n) is 8.79. The summed E-state index contributed by atoms with van der Waals surface area (Å²) in [7, 11) is 0. The molecule has 0 spiro atoms. The maximum Gasteiger partial charge on any atom is 0.167 e. The lowest BCUT2D eigenvalue weighted by Crippen LogP contribution is -2.27. The molecule has 2 nitrogen and oxygen atoms in total. The minimum atomic E-state index is -0.589. The number of allylic oxidation sites excluding steroid dienone is 1. The van der Waals surface area contributed by atoms with Crippen molar-refractivity contribution < 1.29 is 9.90 Å². The molecule has 0 aromatic carbocycles. The summed E-state index contributed by atoms with van der Waals surface area (Å²) < 4.78 is 0. The average molecular weight is 182 g/mol. The van der Waals surface area contributed by atoms with Crippen molar-refractivity contribution in [3.8, 4) is 0 Å². The highest BCUT2D eigenvalue weighted by molar-refractivity contribution is 6.02. The highest BCUT2D eigenvalue weighted by Crippen LogP contribution is 2.35. The lowest BCUT2D eigenvalue weighted by molar-refractivity contribution is -0.123. The van der Waals surface area contributed by atoms with E-state index < -0.39 is 6.10 Å². The van der Waals surface area contributed by atoms with E-state index in [1.807, 2.05) is 33.8 Å². The van der Waals surface area contributed by atoms with Crippen LogP contribution in [0.1, 0.15) is 34.1 Å². The molecule has 0 fully saturated rings. The molecular formula is C11H18O2. The number of hydrogen-bond donors (Lipinski definition) is 1. The van der Waals surface area contributed by atoms with Crippen molar-refractivity contribution in [3.05, 3.63) is 11.6 Å². The molecule has 0 aromatic rings.